The molecule has 0 aromatic heterocycles. The van der Waals surface area contributed by atoms with Gasteiger partial charge in [-0.15, -0.1) is 0 Å². The molecule has 0 fully saturated rings. The van der Waals surface area contributed by atoms with Crippen LogP contribution in [0.3, 0.4) is 0 Å². The Morgan fingerprint density at radius 1 is 1.20 bits per heavy atom. The standard InChI is InChI=1S/C2H6S.BH3.Pb.2H/c1-3-2;;;;/h1-2H3;1H3;;;. The van der Waals surface area contributed by atoms with Crippen molar-refractivity contribution in [3.05, 3.63) is 0 Å². The molecule has 2 radical (unpaired) electrons. The second-order valence-corrected chi connectivity index (χ2v) is 1.22. The molecule has 3 heteroatoms. The first-order valence-electron chi connectivity index (χ1n) is 0.816. The summed E-state index contributed by atoms with van der Waals surface area (Å²) in [6, 6.07) is 0. The van der Waals surface area contributed by atoms with Gasteiger partial charge in [0.1, 0.15) is 0 Å². The van der Waals surface area contributed by atoms with Gasteiger partial charge in [-0.1, -0.05) is 0 Å². The Morgan fingerprint density at radius 3 is 1.20 bits per heavy atom. The van der Waals surface area contributed by atoms with E-state index in [9.17, 15) is 0 Å². The van der Waals surface area contributed by atoms with Crippen molar-refractivity contribution in [2.75, 3.05) is 12.5 Å². The van der Waals surface area contributed by atoms with E-state index in [4.69, 9.17) is 0 Å². The monoisotopic (exact) mass is 286 g/mol. The Hall–Kier alpha value is 1.34. The molecule has 0 aromatic rings. The van der Waals surface area contributed by atoms with Gasteiger partial charge in [0.15, 0.2) is 0 Å². The van der Waals surface area contributed by atoms with Gasteiger partial charge in [0.2, 0.25) is 0 Å². The quantitative estimate of drug-likeness (QED) is 0.508. The third-order valence-electron chi connectivity index (χ3n) is 0. The molecule has 0 N–H and O–H groups in total. The Labute approximate surface area is 59.8 Å². The van der Waals surface area contributed by atoms with Crippen LogP contribution in [0, 0.1) is 0 Å². The Kier molecular flexibility index (Phi) is 59.6. The summed E-state index contributed by atoms with van der Waals surface area (Å²) in [5.74, 6) is 0. The summed E-state index contributed by atoms with van der Waals surface area (Å²) in [6.07, 6.45) is 4.08. The predicted octanol–water partition coefficient (Wildman–Crippen LogP) is -1.12. The minimum absolute atomic E-state index is 0. The summed E-state index contributed by atoms with van der Waals surface area (Å²) in [5, 5.41) is 0. The van der Waals surface area contributed by atoms with E-state index in [0.29, 0.717) is 0 Å². The molecule has 0 nitrogen and oxygen atoms in total. The molecule has 0 atom stereocenters. The van der Waals surface area contributed by atoms with Gasteiger partial charge in [0.05, 0.1) is 8.41 Å². The number of thioether (sulfide) groups is 1. The third kappa shape index (κ3) is 33.2. The van der Waals surface area contributed by atoms with Crippen LogP contribution in [0.25, 0.3) is 0 Å². The van der Waals surface area contributed by atoms with Crippen molar-refractivity contribution in [1.29, 1.82) is 0 Å². The molecular formula is C2H11BPbS. The van der Waals surface area contributed by atoms with E-state index < -0.39 is 0 Å². The molecule has 5 heavy (non-hydrogen) atoms. The van der Waals surface area contributed by atoms with Crippen molar-refractivity contribution < 1.29 is 0 Å². The fourth-order valence-electron chi connectivity index (χ4n) is 0. The first-order valence-corrected chi connectivity index (χ1v) is 2.45. The fraction of sp³-hybridized carbons (Fsp3) is 1.00. The van der Waals surface area contributed by atoms with Gasteiger partial charge >= 0.3 is 27.3 Å². The van der Waals surface area contributed by atoms with Gasteiger partial charge in [0, 0.05) is 0 Å². The van der Waals surface area contributed by atoms with E-state index in [2.05, 4.69) is 0 Å². The molecule has 0 spiro atoms. The second kappa shape index (κ2) is 18.4. The van der Waals surface area contributed by atoms with Crippen molar-refractivity contribution >= 4 is 47.5 Å². The first-order chi connectivity index (χ1) is 1.41. The Bertz CT molecular complexity index is 9.61. The minimum atomic E-state index is 0. The maximum absolute atomic E-state index is 2.04. The molecule has 0 aromatic carbocycles. The Morgan fingerprint density at radius 2 is 1.20 bits per heavy atom. The molecule has 0 amide bonds. The zero-order valence-electron chi connectivity index (χ0n) is 3.12. The average molecular weight is 285 g/mol. The molecule has 32 valence electrons. The molecule has 0 heterocycles. The van der Waals surface area contributed by atoms with E-state index in [1.807, 2.05) is 12.5 Å². The van der Waals surface area contributed by atoms with Gasteiger partial charge in [-0.25, -0.2) is 0 Å². The summed E-state index contributed by atoms with van der Waals surface area (Å²) >= 11 is 1.75. The molecule has 0 unspecified atom stereocenters. The predicted molar refractivity (Wildman–Crippen MR) is 37.9 cm³/mol. The molecule has 0 saturated heterocycles. The van der Waals surface area contributed by atoms with Gasteiger partial charge in [-0.2, -0.15) is 11.8 Å². The normalized spacial score (nSPS) is 3.60. The zero-order chi connectivity index (χ0) is 2.71. The summed E-state index contributed by atoms with van der Waals surface area (Å²) in [7, 11) is 0. The molecule has 0 saturated carbocycles. The second-order valence-electron chi connectivity index (χ2n) is 0.408. The van der Waals surface area contributed by atoms with Gasteiger partial charge < -0.3 is 0 Å². The fourth-order valence-corrected chi connectivity index (χ4v) is 0. The Balaban J connectivity index is -0.0000000200. The van der Waals surface area contributed by atoms with Gasteiger partial charge in [0.25, 0.3) is 0 Å². The van der Waals surface area contributed by atoms with Crippen LogP contribution in [0.2, 0.25) is 0 Å². The van der Waals surface area contributed by atoms with E-state index in [-0.39, 0.29) is 35.7 Å². The molecule has 0 rings (SSSR count). The van der Waals surface area contributed by atoms with Gasteiger partial charge in [-0.3, -0.25) is 0 Å². The van der Waals surface area contributed by atoms with Crippen molar-refractivity contribution in [2.45, 2.75) is 0 Å². The molecule has 0 bridgehead atoms. The topological polar surface area (TPSA) is 0 Å². The SMILES string of the molecule is B.CSC.[PbH2]. The molecule has 0 aliphatic rings. The third-order valence-corrected chi connectivity index (χ3v) is 0. The molecule has 0 aliphatic carbocycles. The van der Waals surface area contributed by atoms with Crippen molar-refractivity contribution in [3.8, 4) is 0 Å². The van der Waals surface area contributed by atoms with Gasteiger partial charge in [-0.05, 0) is 12.5 Å². The van der Waals surface area contributed by atoms with Crippen molar-refractivity contribution in [1.82, 2.24) is 0 Å². The van der Waals surface area contributed by atoms with Crippen molar-refractivity contribution in [3.63, 3.8) is 0 Å². The molecule has 0 aliphatic heterocycles. The number of rotatable bonds is 0. The van der Waals surface area contributed by atoms with E-state index in [1.165, 1.54) is 0 Å². The van der Waals surface area contributed by atoms with Crippen molar-refractivity contribution in [2.24, 2.45) is 0 Å². The van der Waals surface area contributed by atoms with Crippen LogP contribution < -0.4 is 0 Å². The maximum atomic E-state index is 2.04. The molecular weight excluding hydrogens is 274 g/mol. The summed E-state index contributed by atoms with van der Waals surface area (Å²) in [5.41, 5.74) is 0. The zero-order valence-corrected chi connectivity index (χ0v) is 9.43. The van der Waals surface area contributed by atoms with Crippen LogP contribution in [-0.4, -0.2) is 48.2 Å². The van der Waals surface area contributed by atoms with E-state index in [1.54, 1.807) is 11.8 Å². The van der Waals surface area contributed by atoms with Crippen LogP contribution >= 0.6 is 11.8 Å². The van der Waals surface area contributed by atoms with Crippen LogP contribution in [0.5, 0.6) is 0 Å². The van der Waals surface area contributed by atoms with Crippen LogP contribution in [0.4, 0.5) is 0 Å². The summed E-state index contributed by atoms with van der Waals surface area (Å²) < 4.78 is 0. The van der Waals surface area contributed by atoms with Crippen LogP contribution in [-0.2, 0) is 0 Å². The number of hydrogen-bond donors (Lipinski definition) is 0. The summed E-state index contributed by atoms with van der Waals surface area (Å²) in [4.78, 5) is 0. The summed E-state index contributed by atoms with van der Waals surface area (Å²) in [6.45, 7) is 0. The average Bonchev–Trinajstić information content (AvgIpc) is 0.918. The van der Waals surface area contributed by atoms with Crippen LogP contribution in [0.1, 0.15) is 0 Å². The number of hydrogen-bond acceptors (Lipinski definition) is 1. The first kappa shape index (κ1) is 16.2. The van der Waals surface area contributed by atoms with E-state index >= 15 is 0 Å². The van der Waals surface area contributed by atoms with E-state index in [0.717, 1.165) is 0 Å². The van der Waals surface area contributed by atoms with Crippen LogP contribution in [0.15, 0.2) is 0 Å².